The highest BCUT2D eigenvalue weighted by Crippen LogP contribution is 2.38. The fourth-order valence-corrected chi connectivity index (χ4v) is 4.71. The Hall–Kier alpha value is -4.71. The molecule has 6 nitrogen and oxygen atoms in total. The number of carbonyl (C=O) groups is 2. The van der Waals surface area contributed by atoms with E-state index in [1.165, 1.54) is 6.07 Å². The molecule has 3 heterocycles. The normalized spacial score (nSPS) is 15.8. The molecule has 0 bridgehead atoms. The standard InChI is InChI=1S/C28H14O6/c29-25-18-9-14-5-1-3-7-16(14)11-21(18)34-28(31)24(25)23-13-20-26(32-23)19-10-15-6-2-4-8-17(15)12-22(19)33-27(20)30/h1-13,24H. The van der Waals surface area contributed by atoms with Crippen LogP contribution in [-0.2, 0) is 4.79 Å². The van der Waals surface area contributed by atoms with Gasteiger partial charge in [0.05, 0.1) is 10.9 Å². The molecule has 1 aliphatic rings. The zero-order valence-corrected chi connectivity index (χ0v) is 17.5. The summed E-state index contributed by atoms with van der Waals surface area (Å²) >= 11 is 0. The maximum atomic E-state index is 13.4. The molecule has 6 heteroatoms. The zero-order valence-electron chi connectivity index (χ0n) is 17.5. The van der Waals surface area contributed by atoms with Crippen molar-refractivity contribution < 1.29 is 23.2 Å². The first-order chi connectivity index (χ1) is 16.6. The van der Waals surface area contributed by atoms with Crippen molar-refractivity contribution in [2.75, 3.05) is 0 Å². The molecule has 0 radical (unpaired) electrons. The largest absolute Gasteiger partial charge is 0.459 e. The minimum atomic E-state index is -1.31. The summed E-state index contributed by atoms with van der Waals surface area (Å²) in [4.78, 5) is 39.0. The number of carbonyl (C=O) groups excluding carboxylic acids is 2. The Balaban J connectivity index is 1.43. The molecule has 162 valence electrons. The molecule has 2 aromatic heterocycles. The summed E-state index contributed by atoms with van der Waals surface area (Å²) in [5, 5.41) is 4.33. The van der Waals surface area contributed by atoms with Crippen LogP contribution < -0.4 is 10.4 Å². The lowest BCUT2D eigenvalue weighted by Crippen LogP contribution is -2.31. The lowest BCUT2D eigenvalue weighted by atomic mass is 9.90. The Labute approximate surface area is 191 Å². The molecule has 34 heavy (non-hydrogen) atoms. The number of Topliss-reactive ketones (excluding diaryl/α,β-unsaturated/α-hetero) is 1. The van der Waals surface area contributed by atoms with E-state index in [9.17, 15) is 14.4 Å². The molecule has 0 spiro atoms. The summed E-state index contributed by atoms with van der Waals surface area (Å²) in [5.41, 5.74) is 0.339. The average Bonchev–Trinajstić information content (AvgIpc) is 3.28. The van der Waals surface area contributed by atoms with E-state index < -0.39 is 23.3 Å². The SMILES string of the molecule is O=C1Oc2cc3ccccc3cc2C(=O)C1c1cc2c(=O)oc3cc4ccccc4cc3c2o1. The van der Waals surface area contributed by atoms with Crippen LogP contribution in [-0.4, -0.2) is 11.8 Å². The van der Waals surface area contributed by atoms with Crippen LogP contribution in [0.1, 0.15) is 22.0 Å². The first kappa shape index (κ1) is 18.8. The average molecular weight is 446 g/mol. The number of furan rings is 1. The van der Waals surface area contributed by atoms with Crippen molar-refractivity contribution in [1.82, 2.24) is 0 Å². The molecular weight excluding hydrogens is 432 g/mol. The predicted molar refractivity (Wildman–Crippen MR) is 126 cm³/mol. The van der Waals surface area contributed by atoms with Crippen LogP contribution in [0.25, 0.3) is 43.5 Å². The fraction of sp³-hybridized carbons (Fsp3) is 0.0357. The first-order valence-corrected chi connectivity index (χ1v) is 10.7. The van der Waals surface area contributed by atoms with Crippen LogP contribution in [0.3, 0.4) is 0 Å². The van der Waals surface area contributed by atoms with Gasteiger partial charge in [-0.05, 0) is 51.9 Å². The van der Waals surface area contributed by atoms with Gasteiger partial charge in [-0.1, -0.05) is 48.5 Å². The predicted octanol–water partition coefficient (Wildman–Crippen LogP) is 5.73. The van der Waals surface area contributed by atoms with E-state index in [2.05, 4.69) is 0 Å². The first-order valence-electron chi connectivity index (χ1n) is 10.7. The number of fused-ring (bicyclic) bond motifs is 6. The third-order valence-corrected chi connectivity index (χ3v) is 6.37. The smallest absolute Gasteiger partial charge is 0.347 e. The fourth-order valence-electron chi connectivity index (χ4n) is 4.71. The van der Waals surface area contributed by atoms with Gasteiger partial charge < -0.3 is 13.6 Å². The molecule has 6 aromatic rings. The maximum absolute atomic E-state index is 13.4. The van der Waals surface area contributed by atoms with Crippen LogP contribution in [0, 0.1) is 0 Å². The Kier molecular flexibility index (Phi) is 3.68. The summed E-state index contributed by atoms with van der Waals surface area (Å²) in [6, 6.07) is 23.6. The molecule has 1 atom stereocenters. The lowest BCUT2D eigenvalue weighted by molar-refractivity contribution is -0.135. The van der Waals surface area contributed by atoms with E-state index in [0.29, 0.717) is 16.5 Å². The molecule has 1 aliphatic heterocycles. The van der Waals surface area contributed by atoms with Crippen molar-refractivity contribution in [2.24, 2.45) is 0 Å². The van der Waals surface area contributed by atoms with Gasteiger partial charge in [0.1, 0.15) is 22.5 Å². The molecular formula is C28H14O6. The Morgan fingerprint density at radius 2 is 1.29 bits per heavy atom. The lowest BCUT2D eigenvalue weighted by Gasteiger charge is -2.21. The molecule has 0 fully saturated rings. The highest BCUT2D eigenvalue weighted by Gasteiger charge is 2.40. The van der Waals surface area contributed by atoms with Crippen LogP contribution >= 0.6 is 0 Å². The minimum Gasteiger partial charge on any atom is -0.459 e. The van der Waals surface area contributed by atoms with E-state index in [1.54, 1.807) is 18.2 Å². The van der Waals surface area contributed by atoms with Crippen molar-refractivity contribution in [2.45, 2.75) is 5.92 Å². The summed E-state index contributed by atoms with van der Waals surface area (Å²) in [7, 11) is 0. The number of benzene rings is 4. The van der Waals surface area contributed by atoms with E-state index in [1.807, 2.05) is 54.6 Å². The van der Waals surface area contributed by atoms with Crippen molar-refractivity contribution in [3.8, 4) is 5.75 Å². The molecule has 0 saturated heterocycles. The van der Waals surface area contributed by atoms with E-state index in [-0.39, 0.29) is 22.5 Å². The summed E-state index contributed by atoms with van der Waals surface area (Å²) in [5.74, 6) is -2.22. The van der Waals surface area contributed by atoms with Crippen molar-refractivity contribution >= 4 is 55.2 Å². The number of hydrogen-bond acceptors (Lipinski definition) is 6. The van der Waals surface area contributed by atoms with Crippen LogP contribution in [0.2, 0.25) is 0 Å². The van der Waals surface area contributed by atoms with Crippen LogP contribution in [0.5, 0.6) is 5.75 Å². The third-order valence-electron chi connectivity index (χ3n) is 6.37. The van der Waals surface area contributed by atoms with Crippen molar-refractivity contribution in [3.05, 3.63) is 101 Å². The second-order valence-electron chi connectivity index (χ2n) is 8.39. The topological polar surface area (TPSA) is 86.7 Å². The molecule has 7 rings (SSSR count). The van der Waals surface area contributed by atoms with Gasteiger partial charge in [0.25, 0.3) is 0 Å². The molecule has 0 aliphatic carbocycles. The van der Waals surface area contributed by atoms with Crippen LogP contribution in [0.15, 0.2) is 92.5 Å². The van der Waals surface area contributed by atoms with Crippen LogP contribution in [0.4, 0.5) is 0 Å². The maximum Gasteiger partial charge on any atom is 0.347 e. The molecule has 1 unspecified atom stereocenters. The van der Waals surface area contributed by atoms with Gasteiger partial charge in [-0.25, -0.2) is 4.79 Å². The second kappa shape index (κ2) is 6.65. The summed E-state index contributed by atoms with van der Waals surface area (Å²) in [6.45, 7) is 0. The Morgan fingerprint density at radius 1 is 0.647 bits per heavy atom. The van der Waals surface area contributed by atoms with Gasteiger partial charge >= 0.3 is 11.6 Å². The minimum absolute atomic E-state index is 0.0526. The summed E-state index contributed by atoms with van der Waals surface area (Å²) < 4.78 is 17.1. The molecule has 0 saturated carbocycles. The van der Waals surface area contributed by atoms with E-state index >= 15 is 0 Å². The number of hydrogen-bond donors (Lipinski definition) is 0. The van der Waals surface area contributed by atoms with Gasteiger partial charge in [0.2, 0.25) is 0 Å². The highest BCUT2D eigenvalue weighted by molar-refractivity contribution is 6.19. The Bertz CT molecular complexity index is 1910. The van der Waals surface area contributed by atoms with Gasteiger partial charge in [-0.15, -0.1) is 0 Å². The third kappa shape index (κ3) is 2.59. The molecule has 0 N–H and O–H groups in total. The van der Waals surface area contributed by atoms with Gasteiger partial charge in [-0.2, -0.15) is 0 Å². The van der Waals surface area contributed by atoms with Gasteiger partial charge in [0, 0.05) is 0 Å². The number of esters is 1. The molecule has 4 aromatic carbocycles. The van der Waals surface area contributed by atoms with Gasteiger partial charge in [-0.3, -0.25) is 9.59 Å². The zero-order chi connectivity index (χ0) is 23.0. The van der Waals surface area contributed by atoms with Crippen molar-refractivity contribution in [3.63, 3.8) is 0 Å². The Morgan fingerprint density at radius 3 is 2.03 bits per heavy atom. The molecule has 0 amide bonds. The van der Waals surface area contributed by atoms with Crippen molar-refractivity contribution in [1.29, 1.82) is 0 Å². The number of ether oxygens (including phenoxy) is 1. The highest BCUT2D eigenvalue weighted by atomic mass is 16.5. The van der Waals surface area contributed by atoms with E-state index in [4.69, 9.17) is 13.6 Å². The number of rotatable bonds is 1. The quantitative estimate of drug-likeness (QED) is 0.105. The van der Waals surface area contributed by atoms with Gasteiger partial charge in [0.15, 0.2) is 17.3 Å². The number of ketones is 1. The summed E-state index contributed by atoms with van der Waals surface area (Å²) in [6.07, 6.45) is 0. The van der Waals surface area contributed by atoms with E-state index in [0.717, 1.165) is 21.5 Å². The second-order valence-corrected chi connectivity index (χ2v) is 8.39. The monoisotopic (exact) mass is 446 g/mol.